The van der Waals surface area contributed by atoms with Crippen LogP contribution in [0.5, 0.6) is 0 Å². The number of fused-ring (bicyclic) bond motifs is 1. The number of nitrogens with zero attached hydrogens (tertiary/aromatic N) is 2. The zero-order valence-corrected chi connectivity index (χ0v) is 11.3. The maximum Gasteiger partial charge on any atom is 0.392 e. The van der Waals surface area contributed by atoms with Gasteiger partial charge in [0, 0.05) is 11.1 Å². The summed E-state index contributed by atoms with van der Waals surface area (Å²) in [4.78, 5) is 4.28. The van der Waals surface area contributed by atoms with Crippen molar-refractivity contribution in [3.05, 3.63) is 53.3 Å². The molecule has 17 heavy (non-hydrogen) atoms. The van der Waals surface area contributed by atoms with E-state index in [2.05, 4.69) is 14.9 Å². The number of nitrogens with one attached hydrogen (secondary N) is 1. The van der Waals surface area contributed by atoms with Gasteiger partial charge in [-0.3, -0.25) is 5.32 Å². The van der Waals surface area contributed by atoms with Gasteiger partial charge in [0.15, 0.2) is 0 Å². The van der Waals surface area contributed by atoms with Gasteiger partial charge >= 0.3 is 5.95 Å². The molecule has 1 aliphatic heterocycles. The molecule has 0 saturated heterocycles. The van der Waals surface area contributed by atoms with Gasteiger partial charge in [0.25, 0.3) is 0 Å². The number of aromatic nitrogens is 2. The second-order valence-electron chi connectivity index (χ2n) is 3.84. The average molecular weight is 313 g/mol. The predicted molar refractivity (Wildman–Crippen MR) is 62.2 cm³/mol. The van der Waals surface area contributed by atoms with Gasteiger partial charge in [-0.05, 0) is 17.7 Å². The molecule has 2 aromatic rings. The second kappa shape index (κ2) is 5.02. The maximum atomic E-state index is 5.87. The monoisotopic (exact) mass is 311 g/mol. The molecule has 1 aromatic heterocycles. The van der Waals surface area contributed by atoms with Crippen LogP contribution >= 0.6 is 11.6 Å². The maximum absolute atomic E-state index is 5.87. The summed E-state index contributed by atoms with van der Waals surface area (Å²) in [5.74, 6) is 0.919. The summed E-state index contributed by atoms with van der Waals surface area (Å²) in [5.41, 5.74) is 1.23. The average Bonchev–Trinajstić information content (AvgIpc) is 2.73. The van der Waals surface area contributed by atoms with E-state index in [9.17, 15) is 0 Å². The molecule has 0 bridgehead atoms. The Labute approximate surface area is 115 Å². The van der Waals surface area contributed by atoms with E-state index in [4.69, 9.17) is 11.6 Å². The molecule has 0 amide bonds. The van der Waals surface area contributed by atoms with E-state index in [-0.39, 0.29) is 23.0 Å². The van der Waals surface area contributed by atoms with Gasteiger partial charge in [-0.1, -0.05) is 28.7 Å². The Morgan fingerprint density at radius 1 is 1.29 bits per heavy atom. The van der Waals surface area contributed by atoms with Crippen LogP contribution < -0.4 is 26.9 Å². The summed E-state index contributed by atoms with van der Waals surface area (Å²) in [6.45, 7) is 0.908. The van der Waals surface area contributed by atoms with Crippen LogP contribution in [0.3, 0.4) is 0 Å². The summed E-state index contributed by atoms with van der Waals surface area (Å²) >= 11 is 5.87. The second-order valence-corrected chi connectivity index (χ2v) is 4.28. The van der Waals surface area contributed by atoms with Crippen molar-refractivity contribution in [1.29, 1.82) is 0 Å². The Hall–Kier alpha value is -1.13. The molecule has 3 rings (SSSR count). The molecule has 1 unspecified atom stereocenters. The highest BCUT2D eigenvalue weighted by Gasteiger charge is 2.28. The summed E-state index contributed by atoms with van der Waals surface area (Å²) in [7, 11) is 0. The molecule has 0 aliphatic carbocycles. The van der Waals surface area contributed by atoms with Crippen LogP contribution in [-0.4, -0.2) is 4.98 Å². The largest absolute Gasteiger partial charge is 1.00 e. The predicted octanol–water partition coefficient (Wildman–Crippen LogP) is -0.807. The molecule has 1 aliphatic rings. The smallest absolute Gasteiger partial charge is 0.392 e. The minimum absolute atomic E-state index is 0. The number of anilines is 1. The van der Waals surface area contributed by atoms with Crippen molar-refractivity contribution in [1.82, 2.24) is 4.98 Å². The van der Waals surface area contributed by atoms with Crippen LogP contribution in [0.15, 0.2) is 42.7 Å². The van der Waals surface area contributed by atoms with Crippen molar-refractivity contribution in [2.45, 2.75) is 12.6 Å². The van der Waals surface area contributed by atoms with Crippen molar-refractivity contribution >= 4 is 17.5 Å². The Bertz CT molecular complexity index is 490. The van der Waals surface area contributed by atoms with Crippen molar-refractivity contribution < 1.29 is 21.5 Å². The molecule has 88 valence electrons. The van der Waals surface area contributed by atoms with Crippen LogP contribution in [0.4, 0.5) is 5.95 Å². The van der Waals surface area contributed by atoms with E-state index in [1.165, 1.54) is 5.56 Å². The normalized spacial score (nSPS) is 16.9. The van der Waals surface area contributed by atoms with Crippen molar-refractivity contribution in [2.24, 2.45) is 0 Å². The van der Waals surface area contributed by atoms with Crippen molar-refractivity contribution in [3.8, 4) is 0 Å². The fourth-order valence-corrected chi connectivity index (χ4v) is 2.08. The summed E-state index contributed by atoms with van der Waals surface area (Å²) < 4.78 is 2.11. The first-order valence-corrected chi connectivity index (χ1v) is 5.57. The Morgan fingerprint density at radius 2 is 2.06 bits per heavy atom. The zero-order valence-electron chi connectivity index (χ0n) is 8.98. The molecule has 1 aromatic carbocycles. The van der Waals surface area contributed by atoms with Crippen LogP contribution in [0.25, 0.3) is 0 Å². The van der Waals surface area contributed by atoms with Gasteiger partial charge in [-0.15, -0.1) is 0 Å². The minimum atomic E-state index is 0. The lowest BCUT2D eigenvalue weighted by Crippen LogP contribution is -3.00. The number of halogens is 2. The van der Waals surface area contributed by atoms with Gasteiger partial charge in [0.1, 0.15) is 18.8 Å². The van der Waals surface area contributed by atoms with Gasteiger partial charge in [-0.25, -0.2) is 4.57 Å². The minimum Gasteiger partial charge on any atom is -1.00 e. The first-order valence-electron chi connectivity index (χ1n) is 5.19. The Kier molecular flexibility index (Phi) is 3.64. The zero-order chi connectivity index (χ0) is 11.0. The molecule has 3 nitrogen and oxygen atoms in total. The summed E-state index contributed by atoms with van der Waals surface area (Å²) in [6.07, 6.45) is 3.83. The Morgan fingerprint density at radius 3 is 2.76 bits per heavy atom. The standard InChI is InChI=1S/C12H10ClN3.BrH/c13-10-4-2-9(3-5-10)11-8-16-7-1-6-14-12(16)15-11;/h1-7,11H,8H2;1H. The molecule has 0 fully saturated rings. The highest BCUT2D eigenvalue weighted by Crippen LogP contribution is 2.23. The lowest BCUT2D eigenvalue weighted by Gasteiger charge is -2.05. The number of rotatable bonds is 1. The van der Waals surface area contributed by atoms with E-state index in [1.54, 1.807) is 6.20 Å². The molecule has 1 N–H and O–H groups in total. The van der Waals surface area contributed by atoms with E-state index >= 15 is 0 Å². The molecule has 1 atom stereocenters. The summed E-state index contributed by atoms with van der Waals surface area (Å²) in [5, 5.41) is 4.15. The molecular weight excluding hydrogens is 302 g/mol. The Balaban J connectivity index is 0.00000108. The quantitative estimate of drug-likeness (QED) is 0.698. The van der Waals surface area contributed by atoms with Crippen LogP contribution in [0.1, 0.15) is 11.6 Å². The van der Waals surface area contributed by atoms with Gasteiger partial charge < -0.3 is 17.0 Å². The first kappa shape index (κ1) is 12.3. The molecule has 0 radical (unpaired) electrons. The van der Waals surface area contributed by atoms with Crippen molar-refractivity contribution in [2.75, 3.05) is 5.32 Å². The molecule has 0 spiro atoms. The van der Waals surface area contributed by atoms with Crippen LogP contribution in [-0.2, 0) is 6.54 Å². The third-order valence-electron chi connectivity index (χ3n) is 2.78. The molecular formula is C12H11BrClN3. The van der Waals surface area contributed by atoms with E-state index in [0.717, 1.165) is 17.5 Å². The topological polar surface area (TPSA) is 28.8 Å². The highest BCUT2D eigenvalue weighted by molar-refractivity contribution is 6.30. The number of hydrogen-bond acceptors (Lipinski definition) is 2. The van der Waals surface area contributed by atoms with E-state index < -0.39 is 0 Å². The molecule has 5 heteroatoms. The first-order chi connectivity index (χ1) is 7.83. The van der Waals surface area contributed by atoms with E-state index in [1.807, 2.05) is 36.5 Å². The van der Waals surface area contributed by atoms with Crippen LogP contribution in [0.2, 0.25) is 5.02 Å². The van der Waals surface area contributed by atoms with Gasteiger partial charge in [0.2, 0.25) is 0 Å². The highest BCUT2D eigenvalue weighted by atomic mass is 79.9. The SMILES string of the molecule is Clc1ccc(C2C[n+]3cccnc3N2)cc1.[Br-]. The molecule has 0 saturated carbocycles. The fourth-order valence-electron chi connectivity index (χ4n) is 1.95. The molecule has 2 heterocycles. The van der Waals surface area contributed by atoms with Crippen molar-refractivity contribution in [3.63, 3.8) is 0 Å². The lowest BCUT2D eigenvalue weighted by atomic mass is 10.1. The lowest BCUT2D eigenvalue weighted by molar-refractivity contribution is -0.676. The van der Waals surface area contributed by atoms with Gasteiger partial charge in [0.05, 0.1) is 6.20 Å². The third-order valence-corrected chi connectivity index (χ3v) is 3.03. The number of hydrogen-bond donors (Lipinski definition) is 1. The fraction of sp³-hybridized carbons (Fsp3) is 0.167. The van der Waals surface area contributed by atoms with Gasteiger partial charge in [-0.2, -0.15) is 0 Å². The third kappa shape index (κ3) is 2.42. The van der Waals surface area contributed by atoms with Crippen LogP contribution in [0, 0.1) is 0 Å². The number of benzene rings is 1. The van der Waals surface area contributed by atoms with E-state index in [0.29, 0.717) is 0 Å². The summed E-state index contributed by atoms with van der Waals surface area (Å²) in [6, 6.07) is 10.2.